The molecular formula is C23H25NO3S. The molecule has 0 spiro atoms. The van der Waals surface area contributed by atoms with Crippen LogP contribution in [0.25, 0.3) is 6.08 Å². The molecule has 2 aromatic rings. The fraction of sp³-hybridized carbons (Fsp3) is 0.304. The first-order chi connectivity index (χ1) is 13.8. The van der Waals surface area contributed by atoms with Gasteiger partial charge in [-0.2, -0.15) is 0 Å². The van der Waals surface area contributed by atoms with Crippen LogP contribution in [0.5, 0.6) is 5.75 Å². The predicted octanol–water partition coefficient (Wildman–Crippen LogP) is 4.11. The van der Waals surface area contributed by atoms with Crippen molar-refractivity contribution in [2.75, 3.05) is 12.4 Å². The minimum Gasteiger partial charge on any atom is -0.494 e. The lowest BCUT2D eigenvalue weighted by Crippen LogP contribution is -2.34. The summed E-state index contributed by atoms with van der Waals surface area (Å²) in [5, 5.41) is 0. The Labute approximate surface area is 170 Å². The molecule has 1 aliphatic rings. The highest BCUT2D eigenvalue weighted by molar-refractivity contribution is 7.97. The van der Waals surface area contributed by atoms with E-state index >= 15 is 0 Å². The number of ether oxygens (including phenoxy) is 1. The van der Waals surface area contributed by atoms with Crippen molar-refractivity contribution in [2.24, 2.45) is 5.92 Å². The minimum absolute atomic E-state index is 0.0687. The lowest BCUT2D eigenvalue weighted by atomic mass is 9.99. The quantitative estimate of drug-likeness (QED) is 0.284. The fourth-order valence-corrected chi connectivity index (χ4v) is 4.06. The van der Waals surface area contributed by atoms with E-state index in [2.05, 4.69) is 29.0 Å². The molecule has 2 aromatic carbocycles. The summed E-state index contributed by atoms with van der Waals surface area (Å²) < 4.78 is 8.80. The normalized spacial score (nSPS) is 19.0. The summed E-state index contributed by atoms with van der Waals surface area (Å²) >= 11 is 1.42. The van der Waals surface area contributed by atoms with Crippen molar-refractivity contribution >= 4 is 30.1 Å². The van der Waals surface area contributed by atoms with Gasteiger partial charge in [0.05, 0.1) is 12.6 Å². The van der Waals surface area contributed by atoms with Crippen LogP contribution in [0.4, 0.5) is 0 Å². The molecule has 1 N–H and O–H groups in total. The van der Waals surface area contributed by atoms with E-state index in [1.165, 1.54) is 17.5 Å². The van der Waals surface area contributed by atoms with Crippen LogP contribution in [-0.4, -0.2) is 30.5 Å². The second kappa shape index (κ2) is 10.8. The summed E-state index contributed by atoms with van der Waals surface area (Å²) in [5.41, 5.74) is 2.29. The van der Waals surface area contributed by atoms with Crippen LogP contribution in [0.2, 0.25) is 0 Å². The number of aldehydes is 1. The van der Waals surface area contributed by atoms with E-state index in [-0.39, 0.29) is 11.7 Å². The maximum absolute atomic E-state index is 12.2. The van der Waals surface area contributed by atoms with Crippen molar-refractivity contribution in [3.8, 4) is 5.75 Å². The molecule has 146 valence electrons. The number of hydrogen-bond acceptors (Lipinski definition) is 5. The van der Waals surface area contributed by atoms with Gasteiger partial charge in [0.2, 0.25) is 0 Å². The molecule has 4 nitrogen and oxygen atoms in total. The Hall–Kier alpha value is -2.37. The summed E-state index contributed by atoms with van der Waals surface area (Å²) in [7, 11) is 0. The summed E-state index contributed by atoms with van der Waals surface area (Å²) in [4.78, 5) is 23.2. The maximum atomic E-state index is 12.2. The number of hydrogen-bond donors (Lipinski definition) is 1. The number of carbonyl (C=O) groups is 2. The van der Waals surface area contributed by atoms with Gasteiger partial charge in [0.25, 0.3) is 0 Å². The average Bonchev–Trinajstić information content (AvgIpc) is 3.22. The molecule has 0 radical (unpaired) electrons. The van der Waals surface area contributed by atoms with Crippen LogP contribution in [-0.2, 0) is 16.0 Å². The number of ketones is 1. The Kier molecular flexibility index (Phi) is 7.88. The third kappa shape index (κ3) is 6.08. The molecule has 0 aliphatic carbocycles. The lowest BCUT2D eigenvalue weighted by Gasteiger charge is -2.09. The Morgan fingerprint density at radius 3 is 2.64 bits per heavy atom. The zero-order valence-electron chi connectivity index (χ0n) is 15.8. The van der Waals surface area contributed by atoms with E-state index < -0.39 is 6.04 Å². The molecule has 1 heterocycles. The number of unbranched alkanes of at least 4 members (excludes halogenated alkanes) is 1. The van der Waals surface area contributed by atoms with Crippen LogP contribution in [0.15, 0.2) is 60.7 Å². The third-order valence-electron chi connectivity index (χ3n) is 4.69. The van der Waals surface area contributed by atoms with Gasteiger partial charge in [-0.05, 0) is 48.6 Å². The molecular weight excluding hydrogens is 370 g/mol. The second-order valence-electron chi connectivity index (χ2n) is 6.80. The SMILES string of the molecule is O=C[C@@H]1CSNC1C(=O)C=Cc1ccc(OCCCCc2ccccc2)cc1. The van der Waals surface area contributed by atoms with Gasteiger partial charge in [-0.3, -0.25) is 9.52 Å². The lowest BCUT2D eigenvalue weighted by molar-refractivity contribution is -0.120. The van der Waals surface area contributed by atoms with Gasteiger partial charge in [0.1, 0.15) is 12.0 Å². The average molecular weight is 396 g/mol. The smallest absolute Gasteiger partial charge is 0.174 e. The molecule has 1 unspecified atom stereocenters. The number of benzene rings is 2. The van der Waals surface area contributed by atoms with Gasteiger partial charge < -0.3 is 9.53 Å². The zero-order valence-corrected chi connectivity index (χ0v) is 16.6. The van der Waals surface area contributed by atoms with Gasteiger partial charge in [-0.25, -0.2) is 0 Å². The molecule has 0 bridgehead atoms. The van der Waals surface area contributed by atoms with Crippen molar-refractivity contribution in [2.45, 2.75) is 25.3 Å². The van der Waals surface area contributed by atoms with Crippen LogP contribution < -0.4 is 9.46 Å². The van der Waals surface area contributed by atoms with Gasteiger partial charge in [-0.1, -0.05) is 60.5 Å². The monoisotopic (exact) mass is 395 g/mol. The largest absolute Gasteiger partial charge is 0.494 e. The summed E-state index contributed by atoms with van der Waals surface area (Å²) in [6.45, 7) is 0.693. The predicted molar refractivity (Wildman–Crippen MR) is 114 cm³/mol. The van der Waals surface area contributed by atoms with Crippen LogP contribution in [0.3, 0.4) is 0 Å². The first kappa shape index (κ1) is 20.4. The van der Waals surface area contributed by atoms with Gasteiger partial charge in [-0.15, -0.1) is 0 Å². The third-order valence-corrected chi connectivity index (χ3v) is 5.66. The number of rotatable bonds is 10. The van der Waals surface area contributed by atoms with Crippen molar-refractivity contribution < 1.29 is 14.3 Å². The molecule has 1 saturated heterocycles. The Morgan fingerprint density at radius 2 is 1.89 bits per heavy atom. The summed E-state index contributed by atoms with van der Waals surface area (Å²) in [5.74, 6) is 1.16. The van der Waals surface area contributed by atoms with Crippen molar-refractivity contribution in [3.63, 3.8) is 0 Å². The number of aryl methyl sites for hydroxylation is 1. The first-order valence-corrected chi connectivity index (χ1v) is 10.6. The zero-order chi connectivity index (χ0) is 19.6. The summed E-state index contributed by atoms with van der Waals surface area (Å²) in [6, 6.07) is 17.7. The highest BCUT2D eigenvalue weighted by Crippen LogP contribution is 2.20. The Bertz CT molecular complexity index is 789. The van der Waals surface area contributed by atoms with E-state index in [0.717, 1.165) is 36.9 Å². The molecule has 0 saturated carbocycles. The second-order valence-corrected chi connectivity index (χ2v) is 7.66. The van der Waals surface area contributed by atoms with Crippen LogP contribution in [0.1, 0.15) is 24.0 Å². The molecule has 1 fully saturated rings. The molecule has 0 amide bonds. The van der Waals surface area contributed by atoms with Gasteiger partial charge in [0.15, 0.2) is 5.78 Å². The highest BCUT2D eigenvalue weighted by atomic mass is 32.2. The van der Waals surface area contributed by atoms with Crippen molar-refractivity contribution in [3.05, 3.63) is 71.8 Å². The molecule has 2 atom stereocenters. The molecule has 0 aromatic heterocycles. The van der Waals surface area contributed by atoms with E-state index in [4.69, 9.17) is 4.74 Å². The highest BCUT2D eigenvalue weighted by Gasteiger charge is 2.31. The minimum atomic E-state index is -0.419. The van der Waals surface area contributed by atoms with Crippen LogP contribution in [0, 0.1) is 5.92 Å². The van der Waals surface area contributed by atoms with Gasteiger partial charge >= 0.3 is 0 Å². The van der Waals surface area contributed by atoms with Gasteiger partial charge in [0, 0.05) is 11.7 Å². The van der Waals surface area contributed by atoms with E-state index in [0.29, 0.717) is 12.4 Å². The first-order valence-electron chi connectivity index (χ1n) is 9.57. The molecule has 1 aliphatic heterocycles. The standard InChI is InChI=1S/C23H25NO3S/c25-16-20-17-28-24-23(20)22(26)14-11-19-9-12-21(13-10-19)27-15-5-4-8-18-6-2-1-3-7-18/h1-3,6-7,9-14,16,20,23-24H,4-5,8,15,17H2/t20-,23?/m1/s1. The topological polar surface area (TPSA) is 55.4 Å². The van der Waals surface area contributed by atoms with Crippen molar-refractivity contribution in [1.29, 1.82) is 0 Å². The molecule has 28 heavy (non-hydrogen) atoms. The Morgan fingerprint density at radius 1 is 1.11 bits per heavy atom. The number of carbonyl (C=O) groups excluding carboxylic acids is 2. The maximum Gasteiger partial charge on any atom is 0.174 e. The van der Waals surface area contributed by atoms with Crippen molar-refractivity contribution in [1.82, 2.24) is 4.72 Å². The van der Waals surface area contributed by atoms with E-state index in [1.54, 1.807) is 12.2 Å². The van der Waals surface area contributed by atoms with Crippen LogP contribution >= 0.6 is 11.9 Å². The Balaban J connectivity index is 1.39. The molecule has 5 heteroatoms. The fourth-order valence-electron chi connectivity index (χ4n) is 3.03. The molecule has 3 rings (SSSR count). The van der Waals surface area contributed by atoms with E-state index in [1.807, 2.05) is 30.3 Å². The summed E-state index contributed by atoms with van der Waals surface area (Å²) in [6.07, 6.45) is 7.35. The number of nitrogens with one attached hydrogen (secondary N) is 1. The van der Waals surface area contributed by atoms with E-state index in [9.17, 15) is 9.59 Å².